The first-order valence-electron chi connectivity index (χ1n) is 6.19. The van der Waals surface area contributed by atoms with Gasteiger partial charge in [0.2, 0.25) is 0 Å². The number of amides is 1. The van der Waals surface area contributed by atoms with Gasteiger partial charge in [-0.1, -0.05) is 6.07 Å². The van der Waals surface area contributed by atoms with E-state index in [2.05, 4.69) is 17.9 Å². The normalized spacial score (nSPS) is 12.2. The van der Waals surface area contributed by atoms with Crippen molar-refractivity contribution >= 4 is 18.5 Å². The third kappa shape index (κ3) is 3.64. The molecule has 4 heteroatoms. The van der Waals surface area contributed by atoms with E-state index in [1.807, 2.05) is 38.1 Å². The van der Waals surface area contributed by atoms with Crippen molar-refractivity contribution in [2.24, 2.45) is 0 Å². The van der Waals surface area contributed by atoms with E-state index in [-0.39, 0.29) is 11.9 Å². The van der Waals surface area contributed by atoms with E-state index in [0.29, 0.717) is 12.0 Å². The number of benzene rings is 1. The fourth-order valence-corrected chi connectivity index (χ4v) is 2.14. The molecule has 0 saturated carbocycles. The van der Waals surface area contributed by atoms with Gasteiger partial charge in [0.05, 0.1) is 6.26 Å². The maximum atomic E-state index is 12.2. The molecule has 0 spiro atoms. The van der Waals surface area contributed by atoms with Gasteiger partial charge in [-0.2, -0.15) is 0 Å². The van der Waals surface area contributed by atoms with Crippen LogP contribution in [0.2, 0.25) is 0 Å². The second kappa shape index (κ2) is 5.97. The number of carbonyl (C=O) groups is 1. The van der Waals surface area contributed by atoms with E-state index in [0.717, 1.165) is 16.2 Å². The zero-order chi connectivity index (χ0) is 13.8. The summed E-state index contributed by atoms with van der Waals surface area (Å²) in [5.41, 5.74) is 1.61. The Bertz CT molecular complexity index is 564. The quantitative estimate of drug-likeness (QED) is 0.841. The summed E-state index contributed by atoms with van der Waals surface area (Å²) in [5, 5.41) is 2.97. The smallest absolute Gasteiger partial charge is 0.251 e. The highest BCUT2D eigenvalue weighted by molar-refractivity contribution is 7.80. The standard InChI is InChI=1S/C15H17NO2S/c1-10-5-6-13(19)9-14(10)15(17)16-11(2)8-12-4-3-7-18-12/h3-7,9,11,19H,8H2,1-2H3,(H,16,17). The number of furan rings is 1. The molecule has 1 aromatic carbocycles. The number of rotatable bonds is 4. The van der Waals surface area contributed by atoms with Crippen LogP contribution in [0.25, 0.3) is 0 Å². The molecule has 0 saturated heterocycles. The lowest BCUT2D eigenvalue weighted by molar-refractivity contribution is 0.0938. The lowest BCUT2D eigenvalue weighted by atomic mass is 10.1. The van der Waals surface area contributed by atoms with Gasteiger partial charge >= 0.3 is 0 Å². The molecule has 2 aromatic rings. The van der Waals surface area contributed by atoms with E-state index in [1.54, 1.807) is 12.3 Å². The maximum absolute atomic E-state index is 12.2. The molecule has 2 rings (SSSR count). The molecule has 0 radical (unpaired) electrons. The number of hydrogen-bond acceptors (Lipinski definition) is 3. The third-order valence-electron chi connectivity index (χ3n) is 2.93. The molecule has 100 valence electrons. The van der Waals surface area contributed by atoms with Gasteiger partial charge in [0, 0.05) is 22.9 Å². The van der Waals surface area contributed by atoms with Gasteiger partial charge in [-0.15, -0.1) is 12.6 Å². The number of nitrogens with one attached hydrogen (secondary N) is 1. The molecule has 19 heavy (non-hydrogen) atoms. The second-order valence-electron chi connectivity index (χ2n) is 4.66. The van der Waals surface area contributed by atoms with E-state index >= 15 is 0 Å². The Labute approximate surface area is 118 Å². The topological polar surface area (TPSA) is 42.2 Å². The highest BCUT2D eigenvalue weighted by Gasteiger charge is 2.13. The second-order valence-corrected chi connectivity index (χ2v) is 5.17. The lowest BCUT2D eigenvalue weighted by Gasteiger charge is -2.14. The first-order valence-corrected chi connectivity index (χ1v) is 6.64. The summed E-state index contributed by atoms with van der Waals surface area (Å²) >= 11 is 4.26. The van der Waals surface area contributed by atoms with Crippen molar-refractivity contribution in [2.75, 3.05) is 0 Å². The van der Waals surface area contributed by atoms with Gasteiger partial charge < -0.3 is 9.73 Å². The van der Waals surface area contributed by atoms with Gasteiger partial charge in [-0.25, -0.2) is 0 Å². The minimum absolute atomic E-state index is 0.0154. The zero-order valence-corrected chi connectivity index (χ0v) is 11.9. The Morgan fingerprint density at radius 2 is 2.21 bits per heavy atom. The molecule has 1 amide bonds. The molecule has 1 atom stereocenters. The summed E-state index contributed by atoms with van der Waals surface area (Å²) in [6.45, 7) is 3.87. The van der Waals surface area contributed by atoms with Crippen molar-refractivity contribution in [3.05, 3.63) is 53.5 Å². The number of carbonyl (C=O) groups excluding carboxylic acids is 1. The van der Waals surface area contributed by atoms with Gasteiger partial charge in [0.1, 0.15) is 5.76 Å². The van der Waals surface area contributed by atoms with Crippen LogP contribution in [0.5, 0.6) is 0 Å². The Balaban J connectivity index is 2.02. The first kappa shape index (κ1) is 13.7. The Hall–Kier alpha value is -1.68. The summed E-state index contributed by atoms with van der Waals surface area (Å²) in [5.74, 6) is 0.792. The SMILES string of the molecule is Cc1ccc(S)cc1C(=O)NC(C)Cc1ccco1. The van der Waals surface area contributed by atoms with Crippen LogP contribution in [-0.2, 0) is 6.42 Å². The predicted octanol–water partition coefficient (Wildman–Crippen LogP) is 3.24. The Kier molecular flexibility index (Phi) is 4.32. The van der Waals surface area contributed by atoms with Crippen LogP contribution < -0.4 is 5.32 Å². The molecule has 1 heterocycles. The first-order chi connectivity index (χ1) is 9.06. The van der Waals surface area contributed by atoms with Gasteiger partial charge in [-0.05, 0) is 43.7 Å². The minimum Gasteiger partial charge on any atom is -0.469 e. The van der Waals surface area contributed by atoms with Gasteiger partial charge in [0.25, 0.3) is 5.91 Å². The van der Waals surface area contributed by atoms with Gasteiger partial charge in [-0.3, -0.25) is 4.79 Å². The van der Waals surface area contributed by atoms with E-state index < -0.39 is 0 Å². The van der Waals surface area contributed by atoms with Crippen LogP contribution in [0.15, 0.2) is 45.9 Å². The molecular formula is C15H17NO2S. The summed E-state index contributed by atoms with van der Waals surface area (Å²) in [4.78, 5) is 13.0. The fourth-order valence-electron chi connectivity index (χ4n) is 1.94. The highest BCUT2D eigenvalue weighted by Crippen LogP contribution is 2.14. The molecule has 0 fully saturated rings. The van der Waals surface area contributed by atoms with Crippen LogP contribution in [0.3, 0.4) is 0 Å². The number of aryl methyl sites for hydroxylation is 1. The molecule has 0 aliphatic heterocycles. The summed E-state index contributed by atoms with van der Waals surface area (Å²) in [6.07, 6.45) is 2.32. The minimum atomic E-state index is -0.0764. The third-order valence-corrected chi connectivity index (χ3v) is 3.21. The Morgan fingerprint density at radius 3 is 2.89 bits per heavy atom. The van der Waals surface area contributed by atoms with E-state index in [1.165, 1.54) is 0 Å². The molecular weight excluding hydrogens is 258 g/mol. The van der Waals surface area contributed by atoms with Crippen molar-refractivity contribution in [1.82, 2.24) is 5.32 Å². The largest absolute Gasteiger partial charge is 0.469 e. The van der Waals surface area contributed by atoms with Crippen LogP contribution in [0, 0.1) is 6.92 Å². The molecule has 1 N–H and O–H groups in total. The van der Waals surface area contributed by atoms with Crippen LogP contribution >= 0.6 is 12.6 Å². The Morgan fingerprint density at radius 1 is 1.42 bits per heavy atom. The molecule has 0 aliphatic carbocycles. The van der Waals surface area contributed by atoms with Crippen LogP contribution in [0.1, 0.15) is 28.6 Å². The number of hydrogen-bond donors (Lipinski definition) is 2. The van der Waals surface area contributed by atoms with Crippen molar-refractivity contribution < 1.29 is 9.21 Å². The van der Waals surface area contributed by atoms with E-state index in [4.69, 9.17) is 4.42 Å². The van der Waals surface area contributed by atoms with Crippen molar-refractivity contribution in [2.45, 2.75) is 31.2 Å². The van der Waals surface area contributed by atoms with Gasteiger partial charge in [0.15, 0.2) is 0 Å². The monoisotopic (exact) mass is 275 g/mol. The van der Waals surface area contributed by atoms with Crippen molar-refractivity contribution in [3.8, 4) is 0 Å². The fraction of sp³-hybridized carbons (Fsp3) is 0.267. The molecule has 3 nitrogen and oxygen atoms in total. The van der Waals surface area contributed by atoms with E-state index in [9.17, 15) is 4.79 Å². The average molecular weight is 275 g/mol. The summed E-state index contributed by atoms with van der Waals surface area (Å²) in [6, 6.07) is 9.32. The maximum Gasteiger partial charge on any atom is 0.251 e. The average Bonchev–Trinajstić information content (AvgIpc) is 2.84. The molecule has 1 unspecified atom stereocenters. The van der Waals surface area contributed by atoms with Crippen LogP contribution in [-0.4, -0.2) is 11.9 Å². The van der Waals surface area contributed by atoms with Crippen molar-refractivity contribution in [3.63, 3.8) is 0 Å². The molecule has 0 aliphatic rings. The lowest BCUT2D eigenvalue weighted by Crippen LogP contribution is -2.34. The predicted molar refractivity (Wildman–Crippen MR) is 77.8 cm³/mol. The summed E-state index contributed by atoms with van der Waals surface area (Å²) in [7, 11) is 0. The molecule has 1 aromatic heterocycles. The van der Waals surface area contributed by atoms with Crippen molar-refractivity contribution in [1.29, 1.82) is 0 Å². The van der Waals surface area contributed by atoms with Crippen LogP contribution in [0.4, 0.5) is 0 Å². The number of thiol groups is 1. The zero-order valence-electron chi connectivity index (χ0n) is 11.0. The molecule has 0 bridgehead atoms. The highest BCUT2D eigenvalue weighted by atomic mass is 32.1. The summed E-state index contributed by atoms with van der Waals surface area (Å²) < 4.78 is 5.27.